The van der Waals surface area contributed by atoms with E-state index in [1.54, 1.807) is 24.3 Å². The van der Waals surface area contributed by atoms with Crippen LogP contribution in [0, 0.1) is 0 Å². The summed E-state index contributed by atoms with van der Waals surface area (Å²) < 4.78 is 0. The van der Waals surface area contributed by atoms with Crippen LogP contribution in [0.1, 0.15) is 28.8 Å². The van der Waals surface area contributed by atoms with E-state index in [-0.39, 0.29) is 31.3 Å². The number of hydrogen-bond acceptors (Lipinski definition) is 3. The summed E-state index contributed by atoms with van der Waals surface area (Å²) in [6.45, 7) is 0.202. The molecule has 0 saturated heterocycles. The highest BCUT2D eigenvalue weighted by molar-refractivity contribution is 6.30. The van der Waals surface area contributed by atoms with Gasteiger partial charge in [0.05, 0.1) is 0 Å². The summed E-state index contributed by atoms with van der Waals surface area (Å²) in [4.78, 5) is 36.7. The summed E-state index contributed by atoms with van der Waals surface area (Å²) in [5.74, 6) is -1.57. The zero-order valence-electron chi connectivity index (χ0n) is 14.7. The topological polar surface area (TPSA) is 86.7 Å². The van der Waals surface area contributed by atoms with Gasteiger partial charge in [0.2, 0.25) is 5.91 Å². The third-order valence-corrected chi connectivity index (χ3v) is 4.11. The van der Waals surface area contributed by atoms with Gasteiger partial charge in [0.15, 0.2) is 0 Å². The molecule has 0 aliphatic heterocycles. The lowest BCUT2D eigenvalue weighted by molar-refractivity contribution is -0.144. The zero-order valence-corrected chi connectivity index (χ0v) is 15.5. The summed E-state index contributed by atoms with van der Waals surface area (Å²) in [5, 5.41) is 12.3. The standard InChI is InChI=1S/C20H21ClN2O4/c21-17-10-8-16(9-11-17)20(27)22-12-4-7-18(24)23(14-19(25)26)13-15-5-2-1-3-6-15/h1-3,5-6,8-11H,4,7,12-14H2,(H,22,27)(H,25,26). The van der Waals surface area contributed by atoms with Gasteiger partial charge in [-0.05, 0) is 36.2 Å². The number of aliphatic carboxylic acids is 1. The van der Waals surface area contributed by atoms with Crippen LogP contribution < -0.4 is 5.32 Å². The average molecular weight is 389 g/mol. The lowest BCUT2D eigenvalue weighted by Gasteiger charge is -2.21. The van der Waals surface area contributed by atoms with Gasteiger partial charge in [-0.2, -0.15) is 0 Å². The fourth-order valence-corrected chi connectivity index (χ4v) is 2.63. The molecule has 0 radical (unpaired) electrons. The molecule has 0 saturated carbocycles. The lowest BCUT2D eigenvalue weighted by atomic mass is 10.2. The van der Waals surface area contributed by atoms with Crippen molar-refractivity contribution in [3.63, 3.8) is 0 Å². The maximum atomic E-state index is 12.4. The van der Waals surface area contributed by atoms with Gasteiger partial charge < -0.3 is 15.3 Å². The van der Waals surface area contributed by atoms with Crippen LogP contribution >= 0.6 is 11.6 Å². The molecule has 6 nitrogen and oxygen atoms in total. The van der Waals surface area contributed by atoms with Crippen LogP contribution in [0.15, 0.2) is 54.6 Å². The van der Waals surface area contributed by atoms with Gasteiger partial charge in [0, 0.05) is 30.1 Å². The molecule has 142 valence electrons. The minimum Gasteiger partial charge on any atom is -0.480 e. The fourth-order valence-electron chi connectivity index (χ4n) is 2.50. The number of carboxylic acid groups (broad SMARTS) is 1. The van der Waals surface area contributed by atoms with E-state index >= 15 is 0 Å². The Bertz CT molecular complexity index is 778. The van der Waals surface area contributed by atoms with Crippen LogP contribution in [0.2, 0.25) is 5.02 Å². The van der Waals surface area contributed by atoms with Crippen LogP contribution in [-0.2, 0) is 16.1 Å². The first-order valence-corrected chi connectivity index (χ1v) is 8.91. The molecule has 0 aliphatic carbocycles. The Hall–Kier alpha value is -2.86. The first kappa shape index (κ1) is 20.5. The smallest absolute Gasteiger partial charge is 0.323 e. The number of carbonyl (C=O) groups is 3. The van der Waals surface area contributed by atoms with Crippen molar-refractivity contribution >= 4 is 29.4 Å². The van der Waals surface area contributed by atoms with E-state index in [2.05, 4.69) is 5.32 Å². The molecule has 0 bridgehead atoms. The SMILES string of the molecule is O=C(O)CN(Cc1ccccc1)C(=O)CCCNC(=O)c1ccc(Cl)cc1. The molecular weight excluding hydrogens is 368 g/mol. The Morgan fingerprint density at radius 1 is 1.00 bits per heavy atom. The van der Waals surface area contributed by atoms with Gasteiger partial charge in [0.25, 0.3) is 5.91 Å². The number of hydrogen-bond donors (Lipinski definition) is 2. The second-order valence-electron chi connectivity index (χ2n) is 6.00. The van der Waals surface area contributed by atoms with Crippen molar-refractivity contribution in [2.24, 2.45) is 0 Å². The molecule has 0 fully saturated rings. The van der Waals surface area contributed by atoms with Crippen molar-refractivity contribution in [3.05, 3.63) is 70.7 Å². The maximum Gasteiger partial charge on any atom is 0.323 e. The molecule has 0 spiro atoms. The molecule has 2 aromatic carbocycles. The number of carboxylic acids is 1. The van der Waals surface area contributed by atoms with Crippen molar-refractivity contribution in [1.82, 2.24) is 10.2 Å². The molecule has 2 amide bonds. The Labute approximate surface area is 162 Å². The fraction of sp³-hybridized carbons (Fsp3) is 0.250. The van der Waals surface area contributed by atoms with Gasteiger partial charge >= 0.3 is 5.97 Å². The van der Waals surface area contributed by atoms with E-state index in [1.165, 1.54) is 4.90 Å². The molecule has 0 heterocycles. The number of amides is 2. The highest BCUT2D eigenvalue weighted by Gasteiger charge is 2.17. The molecular formula is C20H21ClN2O4. The number of nitrogens with zero attached hydrogens (tertiary/aromatic N) is 1. The van der Waals surface area contributed by atoms with Crippen molar-refractivity contribution in [2.45, 2.75) is 19.4 Å². The van der Waals surface area contributed by atoms with Gasteiger partial charge in [-0.1, -0.05) is 41.9 Å². The Morgan fingerprint density at radius 2 is 1.67 bits per heavy atom. The monoisotopic (exact) mass is 388 g/mol. The molecule has 0 aromatic heterocycles. The number of rotatable bonds is 9. The second-order valence-corrected chi connectivity index (χ2v) is 6.43. The number of carbonyl (C=O) groups excluding carboxylic acids is 2. The highest BCUT2D eigenvalue weighted by Crippen LogP contribution is 2.10. The van der Waals surface area contributed by atoms with Crippen LogP contribution in [0.25, 0.3) is 0 Å². The van der Waals surface area contributed by atoms with Gasteiger partial charge in [0.1, 0.15) is 6.54 Å². The van der Waals surface area contributed by atoms with Gasteiger partial charge in [-0.3, -0.25) is 14.4 Å². The van der Waals surface area contributed by atoms with E-state index < -0.39 is 5.97 Å². The third-order valence-electron chi connectivity index (χ3n) is 3.85. The molecule has 27 heavy (non-hydrogen) atoms. The quantitative estimate of drug-likeness (QED) is 0.646. The van der Waals surface area contributed by atoms with E-state index in [1.807, 2.05) is 30.3 Å². The summed E-state index contributed by atoms with van der Waals surface area (Å²) in [5.41, 5.74) is 1.35. The van der Waals surface area contributed by atoms with Crippen LogP contribution in [0.4, 0.5) is 0 Å². The Morgan fingerprint density at radius 3 is 2.30 bits per heavy atom. The molecule has 0 atom stereocenters. The minimum atomic E-state index is -1.06. The molecule has 0 aliphatic rings. The molecule has 0 unspecified atom stereocenters. The number of benzene rings is 2. The van der Waals surface area contributed by atoms with Crippen LogP contribution in [0.5, 0.6) is 0 Å². The van der Waals surface area contributed by atoms with Crippen molar-refractivity contribution in [1.29, 1.82) is 0 Å². The summed E-state index contributed by atoms with van der Waals surface area (Å²) in [7, 11) is 0. The number of halogens is 1. The Kier molecular flexibility index (Phi) is 7.82. The summed E-state index contributed by atoms with van der Waals surface area (Å²) >= 11 is 5.79. The van der Waals surface area contributed by atoms with Crippen LogP contribution in [-0.4, -0.2) is 40.9 Å². The van der Waals surface area contributed by atoms with E-state index in [0.29, 0.717) is 23.6 Å². The maximum absolute atomic E-state index is 12.4. The lowest BCUT2D eigenvalue weighted by Crippen LogP contribution is -2.35. The van der Waals surface area contributed by atoms with Crippen molar-refractivity contribution < 1.29 is 19.5 Å². The summed E-state index contributed by atoms with van der Waals surface area (Å²) in [6.07, 6.45) is 0.573. The molecule has 2 rings (SSSR count). The Balaban J connectivity index is 1.81. The first-order valence-electron chi connectivity index (χ1n) is 8.53. The van der Waals surface area contributed by atoms with Gasteiger partial charge in [-0.15, -0.1) is 0 Å². The van der Waals surface area contributed by atoms with Crippen molar-refractivity contribution in [3.8, 4) is 0 Å². The van der Waals surface area contributed by atoms with E-state index in [0.717, 1.165) is 5.56 Å². The minimum absolute atomic E-state index is 0.154. The molecule has 7 heteroatoms. The first-order chi connectivity index (χ1) is 13.0. The largest absolute Gasteiger partial charge is 0.480 e. The normalized spacial score (nSPS) is 10.3. The van der Waals surface area contributed by atoms with Crippen LogP contribution in [0.3, 0.4) is 0 Å². The molecule has 2 aromatic rings. The predicted molar refractivity (Wildman–Crippen MR) is 103 cm³/mol. The van der Waals surface area contributed by atoms with Gasteiger partial charge in [-0.25, -0.2) is 0 Å². The zero-order chi connectivity index (χ0) is 19.6. The number of nitrogens with one attached hydrogen (secondary N) is 1. The average Bonchev–Trinajstić information content (AvgIpc) is 2.65. The molecule has 2 N–H and O–H groups in total. The van der Waals surface area contributed by atoms with Crippen molar-refractivity contribution in [2.75, 3.05) is 13.1 Å². The summed E-state index contributed by atoms with van der Waals surface area (Å²) in [6, 6.07) is 15.7. The predicted octanol–water partition coefficient (Wildman–Crippen LogP) is 2.96. The second kappa shape index (κ2) is 10.3. The highest BCUT2D eigenvalue weighted by atomic mass is 35.5. The van der Waals surface area contributed by atoms with E-state index in [9.17, 15) is 14.4 Å². The van der Waals surface area contributed by atoms with E-state index in [4.69, 9.17) is 16.7 Å². The third kappa shape index (κ3) is 7.11.